The van der Waals surface area contributed by atoms with Gasteiger partial charge in [0.05, 0.1) is 4.92 Å². The minimum absolute atomic E-state index is 0.0111. The Morgan fingerprint density at radius 2 is 1.71 bits per heavy atom. The summed E-state index contributed by atoms with van der Waals surface area (Å²) in [5, 5.41) is 16.4. The molecule has 2 N–H and O–H groups in total. The SMILES string of the molecule is O=C(Nc1ccc([N+](=O)[O-])cc1)C1CCN(C(=O)NC2CC2)CC1. The van der Waals surface area contributed by atoms with Crippen molar-refractivity contribution < 1.29 is 14.5 Å². The Labute approximate surface area is 139 Å². The van der Waals surface area contributed by atoms with Crippen molar-refractivity contribution in [3.05, 3.63) is 34.4 Å². The molecule has 1 aromatic carbocycles. The highest BCUT2D eigenvalue weighted by molar-refractivity contribution is 5.92. The molecule has 0 bridgehead atoms. The number of carbonyl (C=O) groups is 2. The van der Waals surface area contributed by atoms with E-state index in [1.165, 1.54) is 24.3 Å². The van der Waals surface area contributed by atoms with E-state index in [1.54, 1.807) is 4.90 Å². The first-order chi connectivity index (χ1) is 11.5. The van der Waals surface area contributed by atoms with Crippen molar-refractivity contribution in [2.24, 2.45) is 5.92 Å². The Balaban J connectivity index is 1.47. The lowest BCUT2D eigenvalue weighted by atomic mass is 9.96. The molecule has 1 aliphatic carbocycles. The number of nitro benzene ring substituents is 1. The van der Waals surface area contributed by atoms with E-state index in [0.29, 0.717) is 37.7 Å². The van der Waals surface area contributed by atoms with Crippen LogP contribution in [0.1, 0.15) is 25.7 Å². The fourth-order valence-corrected chi connectivity index (χ4v) is 2.75. The van der Waals surface area contributed by atoms with Gasteiger partial charge in [-0.2, -0.15) is 0 Å². The number of amides is 3. The van der Waals surface area contributed by atoms with Crippen LogP contribution in [0.25, 0.3) is 0 Å². The van der Waals surface area contributed by atoms with Crippen LogP contribution in [0.15, 0.2) is 24.3 Å². The predicted octanol–water partition coefficient (Wildman–Crippen LogP) is 2.12. The van der Waals surface area contributed by atoms with Gasteiger partial charge in [-0.3, -0.25) is 14.9 Å². The van der Waals surface area contributed by atoms with Gasteiger partial charge < -0.3 is 15.5 Å². The zero-order valence-electron chi connectivity index (χ0n) is 13.2. The molecule has 3 rings (SSSR count). The molecule has 1 saturated carbocycles. The Hall–Kier alpha value is -2.64. The molecule has 0 aromatic heterocycles. The summed E-state index contributed by atoms with van der Waals surface area (Å²) in [6, 6.07) is 6.07. The highest BCUT2D eigenvalue weighted by Gasteiger charge is 2.30. The second-order valence-electron chi connectivity index (χ2n) is 6.28. The molecule has 8 nitrogen and oxygen atoms in total. The van der Waals surface area contributed by atoms with Gasteiger partial charge in [-0.15, -0.1) is 0 Å². The van der Waals surface area contributed by atoms with Crippen molar-refractivity contribution in [1.29, 1.82) is 0 Å². The number of nitrogens with one attached hydrogen (secondary N) is 2. The maximum atomic E-state index is 12.3. The molecular weight excluding hydrogens is 312 g/mol. The minimum atomic E-state index is -0.478. The molecule has 3 amide bonds. The first kappa shape index (κ1) is 16.2. The molecule has 1 saturated heterocycles. The van der Waals surface area contributed by atoms with Gasteiger partial charge in [0, 0.05) is 42.9 Å². The lowest BCUT2D eigenvalue weighted by Crippen LogP contribution is -2.46. The maximum Gasteiger partial charge on any atom is 0.317 e. The third kappa shape index (κ3) is 4.01. The quantitative estimate of drug-likeness (QED) is 0.651. The number of anilines is 1. The summed E-state index contributed by atoms with van der Waals surface area (Å²) < 4.78 is 0. The number of nitrogens with zero attached hydrogens (tertiary/aromatic N) is 2. The second-order valence-corrected chi connectivity index (χ2v) is 6.28. The molecule has 128 valence electrons. The van der Waals surface area contributed by atoms with Gasteiger partial charge in [0.2, 0.25) is 5.91 Å². The number of piperidine rings is 1. The molecule has 8 heteroatoms. The van der Waals surface area contributed by atoms with Crippen molar-refractivity contribution in [2.45, 2.75) is 31.7 Å². The van der Waals surface area contributed by atoms with Crippen molar-refractivity contribution in [3.8, 4) is 0 Å². The largest absolute Gasteiger partial charge is 0.335 e. The van der Waals surface area contributed by atoms with E-state index in [0.717, 1.165) is 12.8 Å². The first-order valence-corrected chi connectivity index (χ1v) is 8.13. The van der Waals surface area contributed by atoms with Crippen LogP contribution in [0.4, 0.5) is 16.2 Å². The van der Waals surface area contributed by atoms with Crippen molar-refractivity contribution in [2.75, 3.05) is 18.4 Å². The summed E-state index contributed by atoms with van der Waals surface area (Å²) in [5.41, 5.74) is 0.530. The van der Waals surface area contributed by atoms with Gasteiger partial charge in [0.1, 0.15) is 0 Å². The van der Waals surface area contributed by atoms with Gasteiger partial charge in [-0.05, 0) is 37.8 Å². The molecule has 0 atom stereocenters. The summed E-state index contributed by atoms with van der Waals surface area (Å²) >= 11 is 0. The topological polar surface area (TPSA) is 105 Å². The van der Waals surface area contributed by atoms with E-state index in [9.17, 15) is 19.7 Å². The fraction of sp³-hybridized carbons (Fsp3) is 0.500. The van der Waals surface area contributed by atoms with E-state index in [2.05, 4.69) is 10.6 Å². The van der Waals surface area contributed by atoms with Gasteiger partial charge in [0.25, 0.3) is 5.69 Å². The average molecular weight is 332 g/mol. The van der Waals surface area contributed by atoms with Crippen molar-refractivity contribution in [1.82, 2.24) is 10.2 Å². The molecule has 2 fully saturated rings. The van der Waals surface area contributed by atoms with E-state index in [-0.39, 0.29) is 23.5 Å². The molecule has 2 aliphatic rings. The number of rotatable bonds is 4. The van der Waals surface area contributed by atoms with Crippen LogP contribution in [0.3, 0.4) is 0 Å². The lowest BCUT2D eigenvalue weighted by molar-refractivity contribution is -0.384. The Kier molecular flexibility index (Phi) is 4.64. The molecular formula is C16H20N4O4. The zero-order valence-corrected chi connectivity index (χ0v) is 13.2. The average Bonchev–Trinajstić information content (AvgIpc) is 3.39. The monoisotopic (exact) mass is 332 g/mol. The van der Waals surface area contributed by atoms with E-state index >= 15 is 0 Å². The minimum Gasteiger partial charge on any atom is -0.335 e. The summed E-state index contributed by atoms with van der Waals surface area (Å²) in [4.78, 5) is 36.1. The maximum absolute atomic E-state index is 12.3. The lowest BCUT2D eigenvalue weighted by Gasteiger charge is -2.31. The Bertz CT molecular complexity index is 634. The van der Waals surface area contributed by atoms with Crippen LogP contribution in [0.5, 0.6) is 0 Å². The van der Waals surface area contributed by atoms with E-state index < -0.39 is 4.92 Å². The molecule has 0 radical (unpaired) electrons. The number of likely N-dealkylation sites (tertiary alicyclic amines) is 1. The van der Waals surface area contributed by atoms with E-state index in [1.807, 2.05) is 0 Å². The predicted molar refractivity (Wildman–Crippen MR) is 87.6 cm³/mol. The van der Waals surface area contributed by atoms with Crippen molar-refractivity contribution >= 4 is 23.3 Å². The highest BCUT2D eigenvalue weighted by atomic mass is 16.6. The number of urea groups is 1. The summed E-state index contributed by atoms with van der Waals surface area (Å²) in [6.07, 6.45) is 3.35. The smallest absolute Gasteiger partial charge is 0.317 e. The number of hydrogen-bond acceptors (Lipinski definition) is 4. The number of nitro groups is 1. The number of carbonyl (C=O) groups excluding carboxylic acids is 2. The third-order valence-electron chi connectivity index (χ3n) is 4.40. The highest BCUT2D eigenvalue weighted by Crippen LogP contribution is 2.23. The zero-order chi connectivity index (χ0) is 17.1. The van der Waals surface area contributed by atoms with Crippen LogP contribution < -0.4 is 10.6 Å². The number of benzene rings is 1. The first-order valence-electron chi connectivity index (χ1n) is 8.13. The van der Waals surface area contributed by atoms with Crippen LogP contribution in [0.2, 0.25) is 0 Å². The van der Waals surface area contributed by atoms with Crippen LogP contribution in [-0.4, -0.2) is 40.9 Å². The summed E-state index contributed by atoms with van der Waals surface area (Å²) in [6.45, 7) is 1.13. The molecule has 1 aliphatic heterocycles. The van der Waals surface area contributed by atoms with Gasteiger partial charge >= 0.3 is 6.03 Å². The number of hydrogen-bond donors (Lipinski definition) is 2. The van der Waals surface area contributed by atoms with Crippen molar-refractivity contribution in [3.63, 3.8) is 0 Å². The third-order valence-corrected chi connectivity index (χ3v) is 4.40. The van der Waals surface area contributed by atoms with Gasteiger partial charge in [-0.25, -0.2) is 4.79 Å². The normalized spacial score (nSPS) is 18.1. The molecule has 1 aromatic rings. The van der Waals surface area contributed by atoms with Crippen LogP contribution in [-0.2, 0) is 4.79 Å². The fourth-order valence-electron chi connectivity index (χ4n) is 2.75. The molecule has 1 heterocycles. The Morgan fingerprint density at radius 1 is 1.08 bits per heavy atom. The van der Waals surface area contributed by atoms with Crippen LogP contribution >= 0.6 is 0 Å². The van der Waals surface area contributed by atoms with Crippen LogP contribution in [0, 0.1) is 16.0 Å². The van der Waals surface area contributed by atoms with Gasteiger partial charge in [0.15, 0.2) is 0 Å². The Morgan fingerprint density at radius 3 is 2.25 bits per heavy atom. The number of non-ortho nitro benzene ring substituents is 1. The molecule has 24 heavy (non-hydrogen) atoms. The molecule has 0 spiro atoms. The van der Waals surface area contributed by atoms with Gasteiger partial charge in [-0.1, -0.05) is 0 Å². The second kappa shape index (κ2) is 6.86. The molecule has 0 unspecified atom stereocenters. The summed E-state index contributed by atoms with van der Waals surface area (Å²) in [7, 11) is 0. The standard InChI is InChI=1S/C16H20N4O4/c21-15(17-12-3-5-14(6-4-12)20(23)24)11-7-9-19(10-8-11)16(22)18-13-1-2-13/h3-6,11,13H,1-2,7-10H2,(H,17,21)(H,18,22). The van der Waals surface area contributed by atoms with E-state index in [4.69, 9.17) is 0 Å². The summed E-state index contributed by atoms with van der Waals surface area (Å²) in [5.74, 6) is -0.253.